The van der Waals surface area contributed by atoms with Gasteiger partial charge in [-0.05, 0) is 31.2 Å². The zero-order chi connectivity index (χ0) is 12.1. The van der Waals surface area contributed by atoms with Gasteiger partial charge in [0.25, 0.3) is 0 Å². The van der Waals surface area contributed by atoms with E-state index in [-0.39, 0.29) is 0 Å². The Balaban J connectivity index is 1.89. The summed E-state index contributed by atoms with van der Waals surface area (Å²) in [6.07, 6.45) is 2.57. The molecule has 0 aliphatic carbocycles. The van der Waals surface area contributed by atoms with Gasteiger partial charge in [0.05, 0.1) is 10.2 Å². The Kier molecular flexibility index (Phi) is 2.32. The fourth-order valence-corrected chi connectivity index (χ4v) is 4.08. The summed E-state index contributed by atoms with van der Waals surface area (Å²) in [5.41, 5.74) is 1.10. The average Bonchev–Trinajstić information content (AvgIpc) is 2.91. The Morgan fingerprint density at radius 3 is 2.83 bits per heavy atom. The molecule has 4 nitrogen and oxygen atoms in total. The van der Waals surface area contributed by atoms with Gasteiger partial charge in [-0.3, -0.25) is 0 Å². The zero-order valence-electron chi connectivity index (χ0n) is 10.4. The van der Waals surface area contributed by atoms with Crippen molar-refractivity contribution in [2.45, 2.75) is 31.8 Å². The third-order valence-electron chi connectivity index (χ3n) is 4.02. The lowest BCUT2D eigenvalue weighted by Gasteiger charge is -2.36. The van der Waals surface area contributed by atoms with E-state index in [0.29, 0.717) is 12.1 Å². The summed E-state index contributed by atoms with van der Waals surface area (Å²) in [6.45, 7) is 4.17. The second-order valence-electron chi connectivity index (χ2n) is 5.18. The van der Waals surface area contributed by atoms with E-state index in [1.165, 1.54) is 23.4 Å². The number of rotatable bonds is 1. The van der Waals surface area contributed by atoms with Crippen LogP contribution in [0.2, 0.25) is 0 Å². The number of hydrogen-bond donors (Lipinski definition) is 1. The second kappa shape index (κ2) is 3.90. The molecule has 94 valence electrons. The molecule has 4 rings (SSSR count). The number of aromatic nitrogens is 2. The summed E-state index contributed by atoms with van der Waals surface area (Å²) in [5.74, 6) is 2.05. The van der Waals surface area contributed by atoms with E-state index in [1.54, 1.807) is 11.3 Å². The lowest BCUT2D eigenvalue weighted by Crippen LogP contribution is -2.52. The van der Waals surface area contributed by atoms with Crippen LogP contribution in [0.1, 0.15) is 18.7 Å². The minimum Gasteiger partial charge on any atom is -0.347 e. The first-order chi connectivity index (χ1) is 8.83. The molecule has 2 saturated heterocycles. The second-order valence-corrected chi connectivity index (χ2v) is 6.10. The summed E-state index contributed by atoms with van der Waals surface area (Å²) in [5, 5.41) is 5.64. The van der Waals surface area contributed by atoms with Gasteiger partial charge in [-0.2, -0.15) is 0 Å². The van der Waals surface area contributed by atoms with Crippen molar-refractivity contribution in [3.05, 3.63) is 17.3 Å². The van der Waals surface area contributed by atoms with Crippen LogP contribution in [0, 0.1) is 6.92 Å². The fourth-order valence-electron chi connectivity index (χ4n) is 3.26. The van der Waals surface area contributed by atoms with Gasteiger partial charge in [0.2, 0.25) is 0 Å². The van der Waals surface area contributed by atoms with Crippen molar-refractivity contribution in [2.75, 3.05) is 18.0 Å². The van der Waals surface area contributed by atoms with E-state index in [2.05, 4.69) is 26.6 Å². The molecule has 4 heterocycles. The highest BCUT2D eigenvalue weighted by Gasteiger charge is 2.38. The Morgan fingerprint density at radius 2 is 2.06 bits per heavy atom. The number of nitrogens with zero attached hydrogens (tertiary/aromatic N) is 3. The number of nitrogens with one attached hydrogen (secondary N) is 1. The fraction of sp³-hybridized carbons (Fsp3) is 0.538. The molecule has 1 N–H and O–H groups in total. The van der Waals surface area contributed by atoms with Crippen molar-refractivity contribution in [1.29, 1.82) is 0 Å². The van der Waals surface area contributed by atoms with Gasteiger partial charge < -0.3 is 10.2 Å². The van der Waals surface area contributed by atoms with Gasteiger partial charge in [-0.25, -0.2) is 9.97 Å². The molecule has 2 aromatic rings. The number of hydrogen-bond acceptors (Lipinski definition) is 5. The third-order valence-corrected chi connectivity index (χ3v) is 4.92. The number of anilines is 1. The monoisotopic (exact) mass is 260 g/mol. The third kappa shape index (κ3) is 1.47. The van der Waals surface area contributed by atoms with Crippen LogP contribution in [0.3, 0.4) is 0 Å². The van der Waals surface area contributed by atoms with Crippen LogP contribution in [-0.4, -0.2) is 35.1 Å². The first-order valence-corrected chi connectivity index (χ1v) is 7.42. The van der Waals surface area contributed by atoms with Gasteiger partial charge in [-0.15, -0.1) is 11.3 Å². The minimum atomic E-state index is 0.614. The molecule has 0 radical (unpaired) electrons. The lowest BCUT2D eigenvalue weighted by atomic mass is 10.2. The van der Waals surface area contributed by atoms with E-state index < -0.39 is 0 Å². The predicted molar refractivity (Wildman–Crippen MR) is 74.3 cm³/mol. The Hall–Kier alpha value is -1.20. The Bertz CT molecular complexity index is 578. The van der Waals surface area contributed by atoms with Crippen LogP contribution in [0.4, 0.5) is 5.82 Å². The van der Waals surface area contributed by atoms with E-state index in [4.69, 9.17) is 4.98 Å². The molecule has 0 saturated carbocycles. The maximum atomic E-state index is 4.74. The minimum absolute atomic E-state index is 0.614. The lowest BCUT2D eigenvalue weighted by molar-refractivity contribution is 0.482. The summed E-state index contributed by atoms with van der Waals surface area (Å²) in [4.78, 5) is 11.8. The summed E-state index contributed by atoms with van der Waals surface area (Å²) < 4.78 is 1.25. The van der Waals surface area contributed by atoms with Gasteiger partial charge in [0, 0.05) is 25.2 Å². The molecular weight excluding hydrogens is 244 g/mol. The van der Waals surface area contributed by atoms with Crippen LogP contribution in [0.25, 0.3) is 10.2 Å². The molecule has 2 unspecified atom stereocenters. The van der Waals surface area contributed by atoms with Crippen molar-refractivity contribution in [1.82, 2.24) is 15.3 Å². The predicted octanol–water partition coefficient (Wildman–Crippen LogP) is 1.94. The van der Waals surface area contributed by atoms with E-state index >= 15 is 0 Å². The molecule has 18 heavy (non-hydrogen) atoms. The molecule has 2 atom stereocenters. The highest BCUT2D eigenvalue weighted by molar-refractivity contribution is 7.17. The topological polar surface area (TPSA) is 41.1 Å². The number of thiophene rings is 1. The summed E-state index contributed by atoms with van der Waals surface area (Å²) >= 11 is 1.76. The molecular formula is C13H16N4S. The van der Waals surface area contributed by atoms with Crippen LogP contribution >= 0.6 is 11.3 Å². The van der Waals surface area contributed by atoms with Crippen LogP contribution in [0.15, 0.2) is 11.4 Å². The molecule has 2 aliphatic rings. The standard InChI is InChI=1S/C13H16N4S/c1-8-15-11-4-5-18-12(11)13(16-8)17-9-2-3-10(17)7-14-6-9/h4-5,9-10,14H,2-3,6-7H2,1H3. The molecule has 0 spiro atoms. The quantitative estimate of drug-likeness (QED) is 0.851. The first-order valence-electron chi connectivity index (χ1n) is 6.54. The van der Waals surface area contributed by atoms with Gasteiger partial charge in [0.15, 0.2) is 5.82 Å². The zero-order valence-corrected chi connectivity index (χ0v) is 11.2. The van der Waals surface area contributed by atoms with Crippen molar-refractivity contribution < 1.29 is 0 Å². The Labute approximate surface area is 110 Å². The SMILES string of the molecule is Cc1nc(N2C3CCC2CNC3)c2sccc2n1. The van der Waals surface area contributed by atoms with Crippen LogP contribution in [0.5, 0.6) is 0 Å². The number of piperazine rings is 1. The van der Waals surface area contributed by atoms with E-state index in [0.717, 1.165) is 24.4 Å². The van der Waals surface area contributed by atoms with Crippen molar-refractivity contribution in [2.24, 2.45) is 0 Å². The summed E-state index contributed by atoms with van der Waals surface area (Å²) in [7, 11) is 0. The number of fused-ring (bicyclic) bond motifs is 3. The maximum Gasteiger partial charge on any atom is 0.150 e. The van der Waals surface area contributed by atoms with Crippen molar-refractivity contribution in [3.63, 3.8) is 0 Å². The molecule has 2 aromatic heterocycles. The van der Waals surface area contributed by atoms with Crippen LogP contribution < -0.4 is 10.2 Å². The van der Waals surface area contributed by atoms with Gasteiger partial charge in [0.1, 0.15) is 5.82 Å². The van der Waals surface area contributed by atoms with Crippen LogP contribution in [-0.2, 0) is 0 Å². The van der Waals surface area contributed by atoms with Crippen molar-refractivity contribution >= 4 is 27.4 Å². The van der Waals surface area contributed by atoms with Gasteiger partial charge in [-0.1, -0.05) is 0 Å². The van der Waals surface area contributed by atoms with Crippen molar-refractivity contribution in [3.8, 4) is 0 Å². The highest BCUT2D eigenvalue weighted by Crippen LogP contribution is 2.37. The average molecular weight is 260 g/mol. The maximum absolute atomic E-state index is 4.74. The Morgan fingerprint density at radius 1 is 1.28 bits per heavy atom. The molecule has 2 bridgehead atoms. The van der Waals surface area contributed by atoms with E-state index in [1.807, 2.05) is 6.92 Å². The highest BCUT2D eigenvalue weighted by atomic mass is 32.1. The van der Waals surface area contributed by atoms with Gasteiger partial charge >= 0.3 is 0 Å². The van der Waals surface area contributed by atoms with E-state index in [9.17, 15) is 0 Å². The molecule has 5 heteroatoms. The first kappa shape index (κ1) is 10.7. The normalized spacial score (nSPS) is 27.1. The molecule has 0 amide bonds. The molecule has 2 fully saturated rings. The summed E-state index contributed by atoms with van der Waals surface area (Å²) in [6, 6.07) is 3.33. The smallest absolute Gasteiger partial charge is 0.150 e. The largest absolute Gasteiger partial charge is 0.347 e. The number of aryl methyl sites for hydroxylation is 1. The molecule has 2 aliphatic heterocycles. The molecule has 0 aromatic carbocycles.